The third-order valence-corrected chi connectivity index (χ3v) is 4.56. The first-order valence-electron chi connectivity index (χ1n) is 8.68. The number of unbranched alkanes of at least 4 members (excludes halogenated alkanes) is 1. The van der Waals surface area contributed by atoms with E-state index >= 15 is 0 Å². The number of hydrogen-bond donors (Lipinski definition) is 5. The number of phenolic OH excluding ortho intramolecular Hbond substituents is 5. The van der Waals surface area contributed by atoms with Gasteiger partial charge in [0.1, 0.15) is 0 Å². The lowest BCUT2D eigenvalue weighted by Gasteiger charge is -2.19. The van der Waals surface area contributed by atoms with Crippen LogP contribution in [-0.4, -0.2) is 25.5 Å². The molecule has 0 heterocycles. The molecule has 0 amide bonds. The first-order chi connectivity index (χ1) is 11.9. The minimum Gasteiger partial charge on any atom is -0.504 e. The van der Waals surface area contributed by atoms with E-state index in [4.69, 9.17) is 0 Å². The Labute approximate surface area is 147 Å². The molecule has 1 atom stereocenters. The monoisotopic (exact) mass is 346 g/mol. The van der Waals surface area contributed by atoms with Crippen LogP contribution in [-0.2, 0) is 6.42 Å². The molecular formula is C20H26O5. The highest BCUT2D eigenvalue weighted by Gasteiger charge is 2.19. The first-order valence-corrected chi connectivity index (χ1v) is 8.68. The van der Waals surface area contributed by atoms with Gasteiger partial charge in [0, 0.05) is 5.56 Å². The van der Waals surface area contributed by atoms with E-state index in [-0.39, 0.29) is 28.9 Å². The summed E-state index contributed by atoms with van der Waals surface area (Å²) in [5.74, 6) is -1.21. The summed E-state index contributed by atoms with van der Waals surface area (Å²) in [4.78, 5) is 0. The number of benzene rings is 2. The Bertz CT molecular complexity index is 711. The zero-order chi connectivity index (χ0) is 18.4. The zero-order valence-electron chi connectivity index (χ0n) is 14.4. The molecule has 0 saturated heterocycles. The summed E-state index contributed by atoms with van der Waals surface area (Å²) in [5.41, 5.74) is 1.58. The average Bonchev–Trinajstić information content (AvgIpc) is 2.59. The van der Waals surface area contributed by atoms with Gasteiger partial charge < -0.3 is 25.5 Å². The molecule has 0 fully saturated rings. The predicted molar refractivity (Wildman–Crippen MR) is 96.4 cm³/mol. The summed E-state index contributed by atoms with van der Waals surface area (Å²) >= 11 is 0. The van der Waals surface area contributed by atoms with Crippen molar-refractivity contribution in [2.45, 2.75) is 51.4 Å². The van der Waals surface area contributed by atoms with Gasteiger partial charge in [-0.1, -0.05) is 31.9 Å². The normalized spacial score (nSPS) is 12.2. The molecule has 0 bridgehead atoms. The molecule has 25 heavy (non-hydrogen) atoms. The molecule has 0 radical (unpaired) electrons. The second-order valence-corrected chi connectivity index (χ2v) is 6.43. The molecule has 0 aliphatic heterocycles. The quantitative estimate of drug-likeness (QED) is 0.453. The van der Waals surface area contributed by atoms with E-state index in [1.54, 1.807) is 18.2 Å². The van der Waals surface area contributed by atoms with Gasteiger partial charge in [0.25, 0.3) is 0 Å². The van der Waals surface area contributed by atoms with E-state index in [1.165, 1.54) is 12.1 Å². The molecule has 0 saturated carbocycles. The number of aryl methyl sites for hydroxylation is 1. The molecule has 5 nitrogen and oxygen atoms in total. The number of hydrogen-bond acceptors (Lipinski definition) is 5. The number of phenols is 5. The summed E-state index contributed by atoms with van der Waals surface area (Å²) in [7, 11) is 0. The highest BCUT2D eigenvalue weighted by Crippen LogP contribution is 2.43. The lowest BCUT2D eigenvalue weighted by molar-refractivity contribution is 0.360. The summed E-state index contributed by atoms with van der Waals surface area (Å²) in [5, 5.41) is 48.4. The molecule has 0 aromatic heterocycles. The van der Waals surface area contributed by atoms with Crippen molar-refractivity contribution in [1.82, 2.24) is 0 Å². The van der Waals surface area contributed by atoms with Crippen molar-refractivity contribution in [3.63, 3.8) is 0 Å². The Morgan fingerprint density at radius 2 is 1.44 bits per heavy atom. The third kappa shape index (κ3) is 4.72. The molecule has 0 aliphatic rings. The van der Waals surface area contributed by atoms with Crippen molar-refractivity contribution in [2.75, 3.05) is 0 Å². The molecule has 5 N–H and O–H groups in total. The maximum absolute atomic E-state index is 10.2. The van der Waals surface area contributed by atoms with Crippen LogP contribution in [0.1, 0.15) is 56.1 Å². The van der Waals surface area contributed by atoms with E-state index < -0.39 is 5.75 Å². The Hall–Kier alpha value is -2.56. The van der Waals surface area contributed by atoms with Gasteiger partial charge in [0.15, 0.2) is 23.0 Å². The molecule has 2 aromatic carbocycles. The maximum atomic E-state index is 10.2. The van der Waals surface area contributed by atoms with Gasteiger partial charge in [-0.05, 0) is 55.4 Å². The average molecular weight is 346 g/mol. The molecule has 2 rings (SSSR count). The van der Waals surface area contributed by atoms with Gasteiger partial charge in [-0.25, -0.2) is 0 Å². The van der Waals surface area contributed by atoms with Gasteiger partial charge in [0.2, 0.25) is 5.75 Å². The highest BCUT2D eigenvalue weighted by molar-refractivity contribution is 5.54. The van der Waals surface area contributed by atoms with Gasteiger partial charge in [-0.3, -0.25) is 0 Å². The highest BCUT2D eigenvalue weighted by atomic mass is 16.3. The standard InChI is InChI=1S/C20H26O5/c1-2-3-6-14(15-9-11-17(22)20(25)19(15)24)7-4-5-13-8-10-16(21)18(23)12-13/h8-12,14,21-25H,2-7H2,1H3. The van der Waals surface area contributed by atoms with Crippen LogP contribution >= 0.6 is 0 Å². The van der Waals surface area contributed by atoms with Gasteiger partial charge in [-0.2, -0.15) is 0 Å². The molecule has 1 unspecified atom stereocenters. The lowest BCUT2D eigenvalue weighted by Crippen LogP contribution is -2.01. The fourth-order valence-corrected chi connectivity index (χ4v) is 3.10. The summed E-state index contributed by atoms with van der Waals surface area (Å²) in [6.45, 7) is 2.10. The summed E-state index contributed by atoms with van der Waals surface area (Å²) < 4.78 is 0. The lowest BCUT2D eigenvalue weighted by atomic mass is 9.87. The smallest absolute Gasteiger partial charge is 0.200 e. The van der Waals surface area contributed by atoms with Gasteiger partial charge >= 0.3 is 0 Å². The van der Waals surface area contributed by atoms with Crippen molar-refractivity contribution in [3.05, 3.63) is 41.5 Å². The topological polar surface area (TPSA) is 101 Å². The van der Waals surface area contributed by atoms with Crippen molar-refractivity contribution in [2.24, 2.45) is 0 Å². The van der Waals surface area contributed by atoms with Crippen LogP contribution in [0, 0.1) is 0 Å². The van der Waals surface area contributed by atoms with Crippen LogP contribution in [0.15, 0.2) is 30.3 Å². The van der Waals surface area contributed by atoms with Crippen molar-refractivity contribution in [1.29, 1.82) is 0 Å². The zero-order valence-corrected chi connectivity index (χ0v) is 14.4. The Morgan fingerprint density at radius 1 is 0.760 bits per heavy atom. The van der Waals surface area contributed by atoms with Crippen molar-refractivity contribution in [3.8, 4) is 28.7 Å². The minimum atomic E-state index is -0.470. The molecule has 136 valence electrons. The van der Waals surface area contributed by atoms with Crippen LogP contribution in [0.5, 0.6) is 28.7 Å². The number of rotatable bonds is 8. The van der Waals surface area contributed by atoms with E-state index in [0.717, 1.165) is 44.1 Å². The molecule has 0 spiro atoms. The van der Waals surface area contributed by atoms with Crippen LogP contribution in [0.25, 0.3) is 0 Å². The van der Waals surface area contributed by atoms with E-state index in [2.05, 4.69) is 6.92 Å². The Kier molecular flexibility index (Phi) is 6.39. The number of aromatic hydroxyl groups is 5. The second kappa shape index (κ2) is 8.51. The van der Waals surface area contributed by atoms with Crippen LogP contribution in [0.4, 0.5) is 0 Å². The predicted octanol–water partition coefficient (Wildman–Crippen LogP) is 4.51. The van der Waals surface area contributed by atoms with Crippen molar-refractivity contribution >= 4 is 0 Å². The first kappa shape index (κ1) is 18.8. The van der Waals surface area contributed by atoms with Crippen LogP contribution < -0.4 is 0 Å². The van der Waals surface area contributed by atoms with Crippen LogP contribution in [0.3, 0.4) is 0 Å². The van der Waals surface area contributed by atoms with E-state index in [9.17, 15) is 25.5 Å². The maximum Gasteiger partial charge on any atom is 0.200 e. The fraction of sp³-hybridized carbons (Fsp3) is 0.400. The molecular weight excluding hydrogens is 320 g/mol. The third-order valence-electron chi connectivity index (χ3n) is 4.56. The van der Waals surface area contributed by atoms with Crippen LogP contribution in [0.2, 0.25) is 0 Å². The van der Waals surface area contributed by atoms with E-state index in [0.29, 0.717) is 5.56 Å². The fourth-order valence-electron chi connectivity index (χ4n) is 3.10. The van der Waals surface area contributed by atoms with E-state index in [1.807, 2.05) is 0 Å². The Balaban J connectivity index is 2.07. The SMILES string of the molecule is CCCCC(CCCc1ccc(O)c(O)c1)c1ccc(O)c(O)c1O. The largest absolute Gasteiger partial charge is 0.504 e. The summed E-state index contributed by atoms with van der Waals surface area (Å²) in [6.07, 6.45) is 5.30. The molecule has 5 heteroatoms. The van der Waals surface area contributed by atoms with Gasteiger partial charge in [0.05, 0.1) is 0 Å². The molecule has 0 aliphatic carbocycles. The minimum absolute atomic E-state index is 0.0807. The van der Waals surface area contributed by atoms with Crippen molar-refractivity contribution < 1.29 is 25.5 Å². The van der Waals surface area contributed by atoms with Gasteiger partial charge in [-0.15, -0.1) is 0 Å². The molecule has 2 aromatic rings. The summed E-state index contributed by atoms with van der Waals surface area (Å²) in [6, 6.07) is 7.88. The second-order valence-electron chi connectivity index (χ2n) is 6.43. The Morgan fingerprint density at radius 3 is 2.12 bits per heavy atom.